The summed E-state index contributed by atoms with van der Waals surface area (Å²) >= 11 is 1.31. The third-order valence-corrected chi connectivity index (χ3v) is 7.59. The van der Waals surface area contributed by atoms with E-state index in [1.165, 1.54) is 17.3 Å². The van der Waals surface area contributed by atoms with Gasteiger partial charge in [-0.25, -0.2) is 14.1 Å². The highest BCUT2D eigenvalue weighted by molar-refractivity contribution is 7.99. The average molecular weight is 454 g/mol. The highest BCUT2D eigenvalue weighted by Gasteiger charge is 2.38. The second-order valence-electron chi connectivity index (χ2n) is 8.48. The number of hydrogen-bond donors (Lipinski definition) is 0. The molecule has 7 nitrogen and oxygen atoms in total. The van der Waals surface area contributed by atoms with Gasteiger partial charge < -0.3 is 4.90 Å². The van der Waals surface area contributed by atoms with Gasteiger partial charge in [0.25, 0.3) is 5.56 Å². The van der Waals surface area contributed by atoms with Crippen molar-refractivity contribution < 1.29 is 4.79 Å². The number of amides is 1. The van der Waals surface area contributed by atoms with Gasteiger partial charge in [0, 0.05) is 30.6 Å². The highest BCUT2D eigenvalue weighted by Crippen LogP contribution is 2.42. The van der Waals surface area contributed by atoms with Gasteiger partial charge in [-0.3, -0.25) is 9.59 Å². The molecule has 0 bridgehead atoms. The molecule has 0 aliphatic heterocycles. The van der Waals surface area contributed by atoms with E-state index in [0.29, 0.717) is 30.6 Å². The van der Waals surface area contributed by atoms with Crippen molar-refractivity contribution in [2.45, 2.75) is 64.6 Å². The van der Waals surface area contributed by atoms with E-state index < -0.39 is 0 Å². The Hall–Kier alpha value is -2.61. The fourth-order valence-electron chi connectivity index (χ4n) is 4.60. The monoisotopic (exact) mass is 453 g/mol. The Kier molecular flexibility index (Phi) is 6.16. The number of aryl methyl sites for hydroxylation is 1. The number of fused-ring (bicyclic) bond motifs is 4. The summed E-state index contributed by atoms with van der Waals surface area (Å²) in [5.41, 5.74) is 3.41. The van der Waals surface area contributed by atoms with Crippen molar-refractivity contribution >= 4 is 23.4 Å². The van der Waals surface area contributed by atoms with Gasteiger partial charge in [-0.1, -0.05) is 49.9 Å². The van der Waals surface area contributed by atoms with Crippen molar-refractivity contribution in [2.24, 2.45) is 0 Å². The molecule has 0 spiro atoms. The maximum absolute atomic E-state index is 14.0. The molecule has 1 atom stereocenters. The molecule has 3 aromatic rings. The maximum Gasteiger partial charge on any atom is 0.265 e. The summed E-state index contributed by atoms with van der Waals surface area (Å²) in [7, 11) is 0. The van der Waals surface area contributed by atoms with E-state index in [0.717, 1.165) is 29.7 Å². The first-order chi connectivity index (χ1) is 15.4. The fourth-order valence-corrected chi connectivity index (χ4v) is 5.49. The first kappa shape index (κ1) is 22.6. The molecular formula is C24H31N5O2S. The average Bonchev–Trinajstić information content (AvgIpc) is 3.16. The van der Waals surface area contributed by atoms with E-state index in [1.54, 1.807) is 14.0 Å². The minimum atomic E-state index is -0.303. The Morgan fingerprint density at radius 3 is 2.56 bits per heavy atom. The molecule has 8 heteroatoms. The van der Waals surface area contributed by atoms with Crippen molar-refractivity contribution in [1.29, 1.82) is 0 Å². The third kappa shape index (κ3) is 3.54. The summed E-state index contributed by atoms with van der Waals surface area (Å²) in [5.74, 6) is 0.823. The normalized spacial score (nSPS) is 17.3. The lowest BCUT2D eigenvalue weighted by Crippen LogP contribution is -2.38. The molecule has 0 unspecified atom stereocenters. The first-order valence-corrected chi connectivity index (χ1v) is 12.4. The Morgan fingerprint density at radius 2 is 1.91 bits per heavy atom. The van der Waals surface area contributed by atoms with Crippen LogP contribution in [0.4, 0.5) is 0 Å². The first-order valence-electron chi connectivity index (χ1n) is 11.4. The van der Waals surface area contributed by atoms with Crippen LogP contribution in [0.5, 0.6) is 0 Å². The molecule has 0 saturated carbocycles. The van der Waals surface area contributed by atoms with Gasteiger partial charge in [-0.05, 0) is 39.2 Å². The molecule has 32 heavy (non-hydrogen) atoms. The largest absolute Gasteiger partial charge is 0.343 e. The SMILES string of the molecule is CCN(CC)C(=O)CSc1nn(CC)c2nc3c(c(=O)n12)[C@@](C)(CC)Cc1ccccc1-3. The molecule has 1 aromatic carbocycles. The van der Waals surface area contributed by atoms with Crippen molar-refractivity contribution in [1.82, 2.24) is 24.1 Å². The third-order valence-electron chi connectivity index (χ3n) is 6.67. The smallest absolute Gasteiger partial charge is 0.265 e. The topological polar surface area (TPSA) is 72.5 Å². The number of rotatable bonds is 7. The summed E-state index contributed by atoms with van der Waals surface area (Å²) in [5, 5.41) is 5.19. The van der Waals surface area contributed by atoms with Gasteiger partial charge in [0.05, 0.1) is 17.0 Å². The van der Waals surface area contributed by atoms with Gasteiger partial charge in [-0.15, -0.1) is 5.10 Å². The second kappa shape index (κ2) is 8.73. The molecule has 1 aliphatic rings. The predicted octanol–water partition coefficient (Wildman–Crippen LogP) is 3.76. The fraction of sp³-hybridized carbons (Fsp3) is 0.500. The summed E-state index contributed by atoms with van der Waals surface area (Å²) < 4.78 is 3.37. The van der Waals surface area contributed by atoms with Gasteiger partial charge in [0.15, 0.2) is 5.16 Å². The number of aromatic nitrogens is 4. The Morgan fingerprint density at radius 1 is 1.19 bits per heavy atom. The van der Waals surface area contributed by atoms with Crippen molar-refractivity contribution in [2.75, 3.05) is 18.8 Å². The zero-order valence-corrected chi connectivity index (χ0v) is 20.3. The lowest BCUT2D eigenvalue weighted by molar-refractivity contribution is -0.127. The molecule has 2 heterocycles. The number of carbonyl (C=O) groups is 1. The van der Waals surface area contributed by atoms with Crippen LogP contribution in [0.2, 0.25) is 0 Å². The van der Waals surface area contributed by atoms with Gasteiger partial charge in [0.2, 0.25) is 11.7 Å². The predicted molar refractivity (Wildman–Crippen MR) is 128 cm³/mol. The van der Waals surface area contributed by atoms with Crippen LogP contribution in [0.1, 0.15) is 52.2 Å². The Balaban J connectivity index is 1.90. The van der Waals surface area contributed by atoms with E-state index in [1.807, 2.05) is 32.9 Å². The van der Waals surface area contributed by atoms with Crippen molar-refractivity contribution in [3.05, 3.63) is 45.7 Å². The minimum absolute atomic E-state index is 0.0468. The lowest BCUT2D eigenvalue weighted by atomic mass is 9.69. The summed E-state index contributed by atoms with van der Waals surface area (Å²) in [4.78, 5) is 33.3. The molecule has 1 amide bonds. The van der Waals surface area contributed by atoms with Crippen LogP contribution in [-0.4, -0.2) is 48.8 Å². The van der Waals surface area contributed by atoms with E-state index in [2.05, 4.69) is 31.1 Å². The Bertz CT molecular complexity index is 1230. The summed E-state index contributed by atoms with van der Waals surface area (Å²) in [6, 6.07) is 8.23. The zero-order valence-electron chi connectivity index (χ0n) is 19.5. The van der Waals surface area contributed by atoms with Crippen LogP contribution >= 0.6 is 11.8 Å². The quantitative estimate of drug-likeness (QED) is 0.509. The number of nitrogens with zero attached hydrogens (tertiary/aromatic N) is 5. The van der Waals surface area contributed by atoms with E-state index >= 15 is 0 Å². The number of carbonyl (C=O) groups excluding carboxylic acids is 1. The molecule has 0 radical (unpaired) electrons. The van der Waals surface area contributed by atoms with E-state index in [9.17, 15) is 9.59 Å². The highest BCUT2D eigenvalue weighted by atomic mass is 32.2. The van der Waals surface area contributed by atoms with E-state index in [4.69, 9.17) is 4.98 Å². The van der Waals surface area contributed by atoms with Crippen LogP contribution in [0.3, 0.4) is 0 Å². The molecule has 4 rings (SSSR count). The van der Waals surface area contributed by atoms with E-state index in [-0.39, 0.29) is 22.6 Å². The van der Waals surface area contributed by atoms with Crippen molar-refractivity contribution in [3.8, 4) is 11.3 Å². The Labute approximate surface area is 192 Å². The lowest BCUT2D eigenvalue weighted by Gasteiger charge is -2.35. The minimum Gasteiger partial charge on any atom is -0.343 e. The van der Waals surface area contributed by atoms with Gasteiger partial charge in [-0.2, -0.15) is 0 Å². The number of benzene rings is 1. The van der Waals surface area contributed by atoms with Crippen LogP contribution in [0.25, 0.3) is 17.0 Å². The summed E-state index contributed by atoms with van der Waals surface area (Å²) in [6.07, 6.45) is 1.64. The van der Waals surface area contributed by atoms with Crippen LogP contribution < -0.4 is 5.56 Å². The van der Waals surface area contributed by atoms with Gasteiger partial charge in [0.1, 0.15) is 0 Å². The number of hydrogen-bond acceptors (Lipinski definition) is 5. The molecule has 0 saturated heterocycles. The molecule has 1 aliphatic carbocycles. The van der Waals surface area contributed by atoms with Crippen molar-refractivity contribution in [3.63, 3.8) is 0 Å². The molecule has 0 fully saturated rings. The standard InChI is InChI=1S/C24H31N5O2S/c1-6-24(5)14-16-12-10-11-13-17(16)20-19(24)21(31)29-22(25-20)28(9-4)26-23(29)32-15-18(30)27(7-2)8-3/h10-13H,6-9,14-15H2,1-5H3/t24-/m0/s1. The molecule has 170 valence electrons. The van der Waals surface area contributed by atoms with Crippen LogP contribution in [-0.2, 0) is 23.2 Å². The zero-order chi connectivity index (χ0) is 23.0. The second-order valence-corrected chi connectivity index (χ2v) is 9.42. The maximum atomic E-state index is 14.0. The molecule has 0 N–H and O–H groups in total. The molecular weight excluding hydrogens is 422 g/mol. The van der Waals surface area contributed by atoms with Crippen LogP contribution in [0.15, 0.2) is 34.2 Å². The van der Waals surface area contributed by atoms with Gasteiger partial charge >= 0.3 is 0 Å². The van der Waals surface area contributed by atoms with Crippen LogP contribution in [0, 0.1) is 0 Å². The summed E-state index contributed by atoms with van der Waals surface area (Å²) in [6.45, 7) is 12.1. The number of thioether (sulfide) groups is 1. The molecule has 2 aromatic heterocycles.